The van der Waals surface area contributed by atoms with Gasteiger partial charge in [-0.05, 0) is 55.6 Å². The highest BCUT2D eigenvalue weighted by Crippen LogP contribution is 2.28. The highest BCUT2D eigenvalue weighted by molar-refractivity contribution is 5.98. The summed E-state index contributed by atoms with van der Waals surface area (Å²) in [5.41, 5.74) is 6.72. The minimum Gasteiger partial charge on any atom is -0.478 e. The van der Waals surface area contributed by atoms with Crippen LogP contribution >= 0.6 is 0 Å². The van der Waals surface area contributed by atoms with E-state index in [9.17, 15) is 14.7 Å². The summed E-state index contributed by atoms with van der Waals surface area (Å²) in [5.74, 6) is -0.997. The number of anilines is 1. The van der Waals surface area contributed by atoms with Crippen LogP contribution in [0.4, 0.5) is 5.82 Å². The van der Waals surface area contributed by atoms with Crippen LogP contribution in [-0.4, -0.2) is 29.1 Å². The topological polar surface area (TPSA) is 118 Å². The molecular weight excluding hydrogens is 322 g/mol. The maximum absolute atomic E-state index is 12.9. The van der Waals surface area contributed by atoms with Gasteiger partial charge in [-0.3, -0.25) is 4.79 Å². The van der Waals surface area contributed by atoms with E-state index in [-0.39, 0.29) is 27.9 Å². The lowest BCUT2D eigenvalue weighted by Gasteiger charge is -2.23. The Morgan fingerprint density at radius 3 is 2.72 bits per heavy atom. The van der Waals surface area contributed by atoms with Crippen molar-refractivity contribution in [3.05, 3.63) is 45.6 Å². The first kappa shape index (κ1) is 15.6. The van der Waals surface area contributed by atoms with Gasteiger partial charge >= 0.3 is 5.97 Å². The van der Waals surface area contributed by atoms with Gasteiger partial charge in [0.1, 0.15) is 17.0 Å². The third kappa shape index (κ3) is 2.62. The number of nitrogens with two attached hydrogens (primary N) is 1. The number of aromatic nitrogens is 1. The van der Waals surface area contributed by atoms with Crippen LogP contribution in [0.5, 0.6) is 0 Å². The molecule has 4 rings (SSSR count). The Morgan fingerprint density at radius 1 is 1.24 bits per heavy atom. The molecule has 1 saturated heterocycles. The lowest BCUT2D eigenvalue weighted by molar-refractivity contribution is 0.0698. The molecule has 0 radical (unpaired) electrons. The number of pyridine rings is 1. The number of benzene rings is 1. The fourth-order valence-corrected chi connectivity index (χ4v) is 3.39. The fraction of sp³-hybridized carbons (Fsp3) is 0.278. The van der Waals surface area contributed by atoms with Crippen molar-refractivity contribution < 1.29 is 14.3 Å². The van der Waals surface area contributed by atoms with E-state index < -0.39 is 5.97 Å². The van der Waals surface area contributed by atoms with Crippen LogP contribution in [0.3, 0.4) is 0 Å². The average molecular weight is 339 g/mol. The molecule has 128 valence electrons. The molecule has 7 heteroatoms. The largest absolute Gasteiger partial charge is 0.478 e. The first-order chi connectivity index (χ1) is 12.0. The van der Waals surface area contributed by atoms with Crippen molar-refractivity contribution in [2.45, 2.75) is 18.8 Å². The van der Waals surface area contributed by atoms with E-state index in [0.717, 1.165) is 31.5 Å². The Kier molecular flexibility index (Phi) is 3.65. The summed E-state index contributed by atoms with van der Waals surface area (Å²) in [6.07, 6.45) is 2.04. The number of nitrogens with zero attached hydrogens (tertiary/aromatic N) is 1. The van der Waals surface area contributed by atoms with Crippen LogP contribution in [0.1, 0.15) is 34.7 Å². The Balaban J connectivity index is 1.93. The summed E-state index contributed by atoms with van der Waals surface area (Å²) < 4.78 is 5.69. The summed E-state index contributed by atoms with van der Waals surface area (Å²) in [6.45, 7) is 1.92. The monoisotopic (exact) mass is 339 g/mol. The van der Waals surface area contributed by atoms with Crippen molar-refractivity contribution in [3.63, 3.8) is 0 Å². The molecule has 1 aromatic carbocycles. The number of carboxylic acids is 1. The molecule has 0 atom stereocenters. The van der Waals surface area contributed by atoms with Crippen molar-refractivity contribution in [2.24, 2.45) is 0 Å². The molecular formula is C18H17N3O4. The number of nitrogens with one attached hydrogen (secondary N) is 1. The number of nitrogen functional groups attached to an aromatic ring is 1. The van der Waals surface area contributed by atoms with Crippen molar-refractivity contribution in [2.75, 3.05) is 18.8 Å². The molecule has 4 N–H and O–H groups in total. The molecule has 0 unspecified atom stereocenters. The minimum atomic E-state index is -1.23. The number of carbonyl (C=O) groups is 1. The van der Waals surface area contributed by atoms with Gasteiger partial charge in [-0.25, -0.2) is 4.79 Å². The van der Waals surface area contributed by atoms with Gasteiger partial charge in [0.15, 0.2) is 0 Å². The number of fused-ring (bicyclic) bond motifs is 2. The van der Waals surface area contributed by atoms with Crippen LogP contribution in [0.25, 0.3) is 22.1 Å². The zero-order valence-corrected chi connectivity index (χ0v) is 13.4. The maximum Gasteiger partial charge on any atom is 0.339 e. The molecule has 1 aliphatic rings. The fourth-order valence-electron chi connectivity index (χ4n) is 3.39. The van der Waals surface area contributed by atoms with Crippen LogP contribution in [0, 0.1) is 0 Å². The molecule has 25 heavy (non-hydrogen) atoms. The van der Waals surface area contributed by atoms with Crippen LogP contribution < -0.4 is 16.5 Å². The summed E-state index contributed by atoms with van der Waals surface area (Å²) >= 11 is 0. The molecule has 3 aromatic rings. The van der Waals surface area contributed by atoms with E-state index in [4.69, 9.17) is 10.2 Å². The molecule has 0 saturated carbocycles. The second kappa shape index (κ2) is 5.86. The van der Waals surface area contributed by atoms with Gasteiger partial charge in [0.25, 0.3) is 0 Å². The number of hydrogen-bond acceptors (Lipinski definition) is 6. The van der Waals surface area contributed by atoms with E-state index in [0.29, 0.717) is 16.9 Å². The second-order valence-corrected chi connectivity index (χ2v) is 6.29. The average Bonchev–Trinajstić information content (AvgIpc) is 2.62. The molecule has 0 amide bonds. The minimum absolute atomic E-state index is 0.0506. The molecule has 0 spiro atoms. The van der Waals surface area contributed by atoms with Crippen molar-refractivity contribution in [1.82, 2.24) is 10.3 Å². The van der Waals surface area contributed by atoms with Gasteiger partial charge in [-0.2, -0.15) is 4.98 Å². The highest BCUT2D eigenvalue weighted by Gasteiger charge is 2.19. The number of carboxylic acid groups (broad SMARTS) is 1. The Labute approximate surface area is 142 Å². The number of aromatic carboxylic acids is 1. The molecule has 1 fully saturated rings. The normalized spacial score (nSPS) is 15.7. The first-order valence-corrected chi connectivity index (χ1v) is 8.15. The van der Waals surface area contributed by atoms with Crippen molar-refractivity contribution in [3.8, 4) is 0 Å². The number of hydrogen-bond donors (Lipinski definition) is 3. The predicted octanol–water partition coefficient (Wildman–Crippen LogP) is 2.09. The Hall–Kier alpha value is -2.93. The van der Waals surface area contributed by atoms with Gasteiger partial charge in [-0.15, -0.1) is 0 Å². The van der Waals surface area contributed by atoms with Crippen molar-refractivity contribution >= 4 is 33.9 Å². The van der Waals surface area contributed by atoms with E-state index >= 15 is 0 Å². The quantitative estimate of drug-likeness (QED) is 0.612. The summed E-state index contributed by atoms with van der Waals surface area (Å²) in [7, 11) is 0. The molecule has 7 nitrogen and oxygen atoms in total. The lowest BCUT2D eigenvalue weighted by atomic mass is 9.89. The zero-order valence-electron chi connectivity index (χ0n) is 13.4. The standard InChI is InChI=1S/C18H17N3O4/c19-16-13(18(23)24)8-12-15(22)11-7-10(9-3-5-20-6-4-9)1-2-14(11)25-17(12)21-16/h1-2,7-9,20H,3-6H2,(H2,19,21)(H,23,24). The third-order valence-corrected chi connectivity index (χ3v) is 4.76. The van der Waals surface area contributed by atoms with Gasteiger partial charge in [0.2, 0.25) is 11.1 Å². The summed E-state index contributed by atoms with van der Waals surface area (Å²) in [6, 6.07) is 6.84. The third-order valence-electron chi connectivity index (χ3n) is 4.76. The van der Waals surface area contributed by atoms with E-state index in [1.165, 1.54) is 6.07 Å². The second-order valence-electron chi connectivity index (χ2n) is 6.29. The molecule has 0 aliphatic carbocycles. The summed E-state index contributed by atoms with van der Waals surface area (Å²) in [5, 5.41) is 13.1. The Bertz CT molecular complexity index is 1050. The molecule has 3 heterocycles. The van der Waals surface area contributed by atoms with E-state index in [2.05, 4.69) is 10.3 Å². The van der Waals surface area contributed by atoms with Gasteiger partial charge < -0.3 is 20.6 Å². The zero-order chi connectivity index (χ0) is 17.6. The highest BCUT2D eigenvalue weighted by atomic mass is 16.4. The van der Waals surface area contributed by atoms with Crippen LogP contribution in [0.2, 0.25) is 0 Å². The van der Waals surface area contributed by atoms with Gasteiger partial charge in [-0.1, -0.05) is 6.07 Å². The van der Waals surface area contributed by atoms with Gasteiger partial charge in [0, 0.05) is 0 Å². The first-order valence-electron chi connectivity index (χ1n) is 8.15. The van der Waals surface area contributed by atoms with Gasteiger partial charge in [0.05, 0.1) is 10.8 Å². The number of piperidine rings is 1. The van der Waals surface area contributed by atoms with E-state index in [1.807, 2.05) is 12.1 Å². The molecule has 2 aromatic heterocycles. The van der Waals surface area contributed by atoms with E-state index in [1.54, 1.807) is 6.07 Å². The number of rotatable bonds is 2. The van der Waals surface area contributed by atoms with Crippen molar-refractivity contribution in [1.29, 1.82) is 0 Å². The smallest absolute Gasteiger partial charge is 0.339 e. The molecule has 1 aliphatic heterocycles. The SMILES string of the molecule is Nc1nc2oc3ccc(C4CCNCC4)cc3c(=O)c2cc1C(=O)O. The maximum atomic E-state index is 12.9. The van der Waals surface area contributed by atoms with Crippen LogP contribution in [-0.2, 0) is 0 Å². The predicted molar refractivity (Wildman–Crippen MR) is 94.0 cm³/mol. The molecule has 0 bridgehead atoms. The lowest BCUT2D eigenvalue weighted by Crippen LogP contribution is -2.26. The van der Waals surface area contributed by atoms with Crippen LogP contribution in [0.15, 0.2) is 33.5 Å². The summed E-state index contributed by atoms with van der Waals surface area (Å²) in [4.78, 5) is 28.0. The Morgan fingerprint density at radius 2 is 2.00 bits per heavy atom.